The number of benzene rings is 2. The number of halogens is 3. The topological polar surface area (TPSA) is 49.4 Å². The van der Waals surface area contributed by atoms with Gasteiger partial charge in [-0.2, -0.15) is 0 Å². The summed E-state index contributed by atoms with van der Waals surface area (Å²) < 4.78 is 39.8. The Labute approximate surface area is 135 Å². The molecule has 7 heteroatoms. The molecule has 0 unspecified atom stereocenters. The number of carbonyl (C=O) groups excluding carboxylic acids is 2. The number of hydrogen-bond acceptors (Lipinski definition) is 2. The molecule has 1 fully saturated rings. The fourth-order valence-corrected chi connectivity index (χ4v) is 2.55. The highest BCUT2D eigenvalue weighted by Gasteiger charge is 2.22. The monoisotopic (exact) mass is 334 g/mol. The van der Waals surface area contributed by atoms with E-state index in [0.717, 1.165) is 18.6 Å². The van der Waals surface area contributed by atoms with Gasteiger partial charge in [0.1, 0.15) is 0 Å². The number of rotatable bonds is 3. The summed E-state index contributed by atoms with van der Waals surface area (Å²) in [5.74, 6) is -5.16. The van der Waals surface area contributed by atoms with Gasteiger partial charge in [-0.15, -0.1) is 0 Å². The van der Waals surface area contributed by atoms with Crippen molar-refractivity contribution in [1.29, 1.82) is 0 Å². The predicted molar refractivity (Wildman–Crippen MR) is 82.3 cm³/mol. The summed E-state index contributed by atoms with van der Waals surface area (Å²) in [5, 5.41) is 2.20. The van der Waals surface area contributed by atoms with Gasteiger partial charge in [0.25, 0.3) is 5.91 Å². The van der Waals surface area contributed by atoms with E-state index in [1.807, 2.05) is 0 Å². The van der Waals surface area contributed by atoms with Crippen LogP contribution in [0.4, 0.5) is 24.5 Å². The van der Waals surface area contributed by atoms with E-state index in [2.05, 4.69) is 5.32 Å². The third-order valence-electron chi connectivity index (χ3n) is 3.78. The van der Waals surface area contributed by atoms with E-state index in [0.29, 0.717) is 18.7 Å². The van der Waals surface area contributed by atoms with E-state index in [-0.39, 0.29) is 11.5 Å². The Kier molecular flexibility index (Phi) is 4.24. The summed E-state index contributed by atoms with van der Waals surface area (Å²) in [6.45, 7) is 0.571. The van der Waals surface area contributed by atoms with Crippen molar-refractivity contribution in [1.82, 2.24) is 0 Å². The molecule has 0 aromatic heterocycles. The number of amides is 2. The van der Waals surface area contributed by atoms with Crippen LogP contribution in [0.1, 0.15) is 23.2 Å². The lowest BCUT2D eigenvalue weighted by atomic mass is 10.1. The fraction of sp³-hybridized carbons (Fsp3) is 0.176. The standard InChI is InChI=1S/C17H13F3N2O2/c18-12-6-7-13(16(20)15(12)19)21-17(24)10-3-1-4-11(9-10)22-8-2-5-14(22)23/h1,3-4,6-7,9H,2,5,8H2,(H,21,24). The van der Waals surface area contributed by atoms with E-state index in [9.17, 15) is 22.8 Å². The summed E-state index contributed by atoms with van der Waals surface area (Å²) >= 11 is 0. The molecule has 1 aliphatic rings. The van der Waals surface area contributed by atoms with Crippen LogP contribution in [0, 0.1) is 17.5 Å². The van der Waals surface area contributed by atoms with Gasteiger partial charge in [-0.1, -0.05) is 6.07 Å². The van der Waals surface area contributed by atoms with Crippen molar-refractivity contribution < 1.29 is 22.8 Å². The molecule has 2 aromatic rings. The van der Waals surface area contributed by atoms with Gasteiger partial charge in [-0.05, 0) is 36.8 Å². The minimum absolute atomic E-state index is 0.0285. The van der Waals surface area contributed by atoms with Gasteiger partial charge < -0.3 is 10.2 Å². The van der Waals surface area contributed by atoms with Crippen LogP contribution in [0.5, 0.6) is 0 Å². The van der Waals surface area contributed by atoms with Gasteiger partial charge >= 0.3 is 0 Å². The molecule has 2 aromatic carbocycles. The van der Waals surface area contributed by atoms with Crippen LogP contribution < -0.4 is 10.2 Å². The SMILES string of the molecule is O=C(Nc1ccc(F)c(F)c1F)c1cccc(N2CCCC2=O)c1. The largest absolute Gasteiger partial charge is 0.319 e. The maximum Gasteiger partial charge on any atom is 0.255 e. The average molecular weight is 334 g/mol. The number of anilines is 2. The molecule has 3 rings (SSSR count). The Morgan fingerprint density at radius 1 is 1.08 bits per heavy atom. The lowest BCUT2D eigenvalue weighted by molar-refractivity contribution is -0.117. The first-order valence-electron chi connectivity index (χ1n) is 7.32. The van der Waals surface area contributed by atoms with Crippen LogP contribution in [-0.4, -0.2) is 18.4 Å². The summed E-state index contributed by atoms with van der Waals surface area (Å²) in [4.78, 5) is 25.5. The number of nitrogens with one attached hydrogen (secondary N) is 1. The smallest absolute Gasteiger partial charge is 0.255 e. The third kappa shape index (κ3) is 2.97. The first-order valence-corrected chi connectivity index (χ1v) is 7.32. The van der Waals surface area contributed by atoms with Crippen molar-refractivity contribution >= 4 is 23.2 Å². The molecule has 1 aliphatic heterocycles. The second-order valence-corrected chi connectivity index (χ2v) is 5.38. The maximum absolute atomic E-state index is 13.6. The highest BCUT2D eigenvalue weighted by atomic mass is 19.2. The highest BCUT2D eigenvalue weighted by Crippen LogP contribution is 2.24. The van der Waals surface area contributed by atoms with Gasteiger partial charge in [0.05, 0.1) is 5.69 Å². The Morgan fingerprint density at radius 3 is 2.58 bits per heavy atom. The van der Waals surface area contributed by atoms with Crippen molar-refractivity contribution in [3.8, 4) is 0 Å². The second-order valence-electron chi connectivity index (χ2n) is 5.38. The van der Waals surface area contributed by atoms with E-state index < -0.39 is 29.0 Å². The number of nitrogens with zero attached hydrogens (tertiary/aromatic N) is 1. The van der Waals surface area contributed by atoms with Crippen LogP contribution in [0.25, 0.3) is 0 Å². The molecule has 1 heterocycles. The van der Waals surface area contributed by atoms with Gasteiger partial charge in [0.2, 0.25) is 5.91 Å². The Morgan fingerprint density at radius 2 is 1.88 bits per heavy atom. The van der Waals surface area contributed by atoms with Crippen molar-refractivity contribution in [2.45, 2.75) is 12.8 Å². The summed E-state index contributed by atoms with van der Waals surface area (Å²) in [6.07, 6.45) is 1.20. The molecule has 0 radical (unpaired) electrons. The molecule has 0 bridgehead atoms. The summed E-state index contributed by atoms with van der Waals surface area (Å²) in [7, 11) is 0. The van der Waals surface area contributed by atoms with E-state index in [1.165, 1.54) is 12.1 Å². The molecule has 1 N–H and O–H groups in total. The molecule has 0 spiro atoms. The van der Waals surface area contributed by atoms with Crippen LogP contribution >= 0.6 is 0 Å². The number of carbonyl (C=O) groups is 2. The van der Waals surface area contributed by atoms with E-state index in [4.69, 9.17) is 0 Å². The minimum Gasteiger partial charge on any atom is -0.319 e. The zero-order valence-corrected chi connectivity index (χ0v) is 12.5. The quantitative estimate of drug-likeness (QED) is 0.874. The third-order valence-corrected chi connectivity index (χ3v) is 3.78. The predicted octanol–water partition coefficient (Wildman–Crippen LogP) is 3.48. The normalized spacial score (nSPS) is 14.1. The first-order chi connectivity index (χ1) is 11.5. The Hall–Kier alpha value is -2.83. The van der Waals surface area contributed by atoms with Crippen LogP contribution in [0.15, 0.2) is 36.4 Å². The zero-order chi connectivity index (χ0) is 17.3. The second kappa shape index (κ2) is 6.35. The molecular weight excluding hydrogens is 321 g/mol. The molecule has 0 aliphatic carbocycles. The van der Waals surface area contributed by atoms with Gasteiger partial charge in [-0.25, -0.2) is 13.2 Å². The molecule has 24 heavy (non-hydrogen) atoms. The highest BCUT2D eigenvalue weighted by molar-refractivity contribution is 6.05. The first kappa shape index (κ1) is 16.0. The van der Waals surface area contributed by atoms with E-state index >= 15 is 0 Å². The van der Waals surface area contributed by atoms with Crippen LogP contribution in [0.2, 0.25) is 0 Å². The lowest BCUT2D eigenvalue weighted by Crippen LogP contribution is -2.24. The Bertz CT molecular complexity index is 823. The molecule has 0 atom stereocenters. The molecule has 4 nitrogen and oxygen atoms in total. The molecule has 1 saturated heterocycles. The zero-order valence-electron chi connectivity index (χ0n) is 12.5. The van der Waals surface area contributed by atoms with Gasteiger partial charge in [0.15, 0.2) is 17.5 Å². The Balaban J connectivity index is 1.83. The van der Waals surface area contributed by atoms with Crippen LogP contribution in [-0.2, 0) is 4.79 Å². The van der Waals surface area contributed by atoms with E-state index in [1.54, 1.807) is 17.0 Å². The minimum atomic E-state index is -1.65. The van der Waals surface area contributed by atoms with Crippen molar-refractivity contribution in [2.75, 3.05) is 16.8 Å². The van der Waals surface area contributed by atoms with Crippen molar-refractivity contribution in [2.24, 2.45) is 0 Å². The average Bonchev–Trinajstić information content (AvgIpc) is 3.01. The summed E-state index contributed by atoms with van der Waals surface area (Å²) in [5.41, 5.74) is 0.286. The maximum atomic E-state index is 13.6. The summed E-state index contributed by atoms with van der Waals surface area (Å²) in [6, 6.07) is 7.94. The van der Waals surface area contributed by atoms with Gasteiger partial charge in [-0.3, -0.25) is 9.59 Å². The fourth-order valence-electron chi connectivity index (χ4n) is 2.55. The molecular formula is C17H13F3N2O2. The molecule has 2 amide bonds. The number of hydrogen-bond donors (Lipinski definition) is 1. The van der Waals surface area contributed by atoms with Gasteiger partial charge in [0, 0.05) is 24.2 Å². The molecule has 124 valence electrons. The molecule has 0 saturated carbocycles. The van der Waals surface area contributed by atoms with Crippen molar-refractivity contribution in [3.63, 3.8) is 0 Å². The lowest BCUT2D eigenvalue weighted by Gasteiger charge is -2.16. The van der Waals surface area contributed by atoms with Crippen molar-refractivity contribution in [3.05, 3.63) is 59.4 Å². The van der Waals surface area contributed by atoms with Crippen LogP contribution in [0.3, 0.4) is 0 Å².